The molecule has 0 spiro atoms. The number of likely N-dealkylation sites (tertiary alicyclic amines) is 2. The Morgan fingerprint density at radius 2 is 1.71 bits per heavy atom. The van der Waals surface area contributed by atoms with Crippen LogP contribution in [0, 0.1) is 0 Å². The van der Waals surface area contributed by atoms with Crippen molar-refractivity contribution in [1.82, 2.24) is 9.80 Å². The van der Waals surface area contributed by atoms with E-state index in [2.05, 4.69) is 59.3 Å². The summed E-state index contributed by atoms with van der Waals surface area (Å²) in [5.41, 5.74) is 0.987. The molecule has 124 valence electrons. The van der Waals surface area contributed by atoms with Gasteiger partial charge in [0.1, 0.15) is 5.84 Å². The van der Waals surface area contributed by atoms with E-state index in [1.807, 2.05) is 0 Å². The summed E-state index contributed by atoms with van der Waals surface area (Å²) in [7, 11) is 2.13. The van der Waals surface area contributed by atoms with Gasteiger partial charge >= 0.3 is 0 Å². The number of fused-ring (bicyclic) bond motifs is 1. The van der Waals surface area contributed by atoms with Gasteiger partial charge in [0.05, 0.1) is 5.69 Å². The zero-order valence-corrected chi connectivity index (χ0v) is 14.3. The Labute approximate surface area is 143 Å². The number of benzene rings is 2. The van der Waals surface area contributed by atoms with Crippen molar-refractivity contribution in [3.8, 4) is 0 Å². The quantitative estimate of drug-likeness (QED) is 0.586. The van der Waals surface area contributed by atoms with E-state index < -0.39 is 0 Å². The number of hydrogen-bond donors (Lipinski definition) is 0. The molecular weight excluding hydrogens is 296 g/mol. The smallest absolute Gasteiger partial charge is 0.227 e. The first-order valence-corrected chi connectivity index (χ1v) is 8.91. The zero-order chi connectivity index (χ0) is 16.4. The molecule has 2 aromatic rings. The second-order valence-electron chi connectivity index (χ2n) is 6.69. The lowest BCUT2D eigenvalue weighted by Crippen LogP contribution is -2.29. The topological polar surface area (TPSA) is 31.2 Å². The van der Waals surface area contributed by atoms with Gasteiger partial charge < -0.3 is 9.80 Å². The third-order valence-corrected chi connectivity index (χ3v) is 4.91. The summed E-state index contributed by atoms with van der Waals surface area (Å²) in [6.45, 7) is 3.22. The maximum atomic E-state index is 4.93. The van der Waals surface area contributed by atoms with Crippen LogP contribution in [-0.4, -0.2) is 48.3 Å². The van der Waals surface area contributed by atoms with Gasteiger partial charge in [-0.05, 0) is 42.2 Å². The van der Waals surface area contributed by atoms with Crippen molar-refractivity contribution in [2.45, 2.75) is 25.7 Å². The van der Waals surface area contributed by atoms with Crippen molar-refractivity contribution >= 4 is 28.3 Å². The molecular formula is C20H24N4. The first-order valence-electron chi connectivity index (χ1n) is 8.91. The highest BCUT2D eigenvalue weighted by molar-refractivity contribution is 5.98. The highest BCUT2D eigenvalue weighted by Gasteiger charge is 2.20. The van der Waals surface area contributed by atoms with E-state index in [0.29, 0.717) is 0 Å². The summed E-state index contributed by atoms with van der Waals surface area (Å²) in [5.74, 6) is 2.05. The lowest BCUT2D eigenvalue weighted by Gasteiger charge is -2.19. The third-order valence-electron chi connectivity index (χ3n) is 4.91. The highest BCUT2D eigenvalue weighted by atomic mass is 15.3. The molecule has 4 heteroatoms. The van der Waals surface area contributed by atoms with Crippen LogP contribution in [0.15, 0.2) is 52.4 Å². The Balaban J connectivity index is 1.71. The molecule has 0 saturated carbocycles. The van der Waals surface area contributed by atoms with Gasteiger partial charge in [0.25, 0.3) is 0 Å². The molecule has 2 saturated heterocycles. The average Bonchev–Trinajstić information content (AvgIpc) is 3.26. The Kier molecular flexibility index (Phi) is 4.20. The SMILES string of the molecule is CN1CCCC1=NC(=Nc1ccc2ccccc2c1)N1CCCC1. The monoisotopic (exact) mass is 320 g/mol. The fourth-order valence-electron chi connectivity index (χ4n) is 3.50. The van der Waals surface area contributed by atoms with Gasteiger partial charge in [-0.3, -0.25) is 0 Å². The first-order chi connectivity index (χ1) is 11.8. The van der Waals surface area contributed by atoms with Gasteiger partial charge in [0.15, 0.2) is 0 Å². The van der Waals surface area contributed by atoms with Crippen molar-refractivity contribution in [2.75, 3.05) is 26.7 Å². The predicted molar refractivity (Wildman–Crippen MR) is 101 cm³/mol. The molecule has 2 aliphatic rings. The van der Waals surface area contributed by atoms with Crippen LogP contribution in [0.25, 0.3) is 10.8 Å². The Hall–Kier alpha value is -2.36. The van der Waals surface area contributed by atoms with Crippen molar-refractivity contribution in [3.05, 3.63) is 42.5 Å². The molecule has 0 radical (unpaired) electrons. The molecule has 0 bridgehead atoms. The van der Waals surface area contributed by atoms with E-state index in [1.165, 1.54) is 35.9 Å². The second-order valence-corrected chi connectivity index (χ2v) is 6.69. The molecule has 0 atom stereocenters. The third kappa shape index (κ3) is 3.14. The number of nitrogens with zero attached hydrogens (tertiary/aromatic N) is 4. The summed E-state index contributed by atoms with van der Waals surface area (Å²) in [4.78, 5) is 14.4. The number of rotatable bonds is 1. The minimum Gasteiger partial charge on any atom is -0.363 e. The van der Waals surface area contributed by atoms with E-state index in [9.17, 15) is 0 Å². The second kappa shape index (κ2) is 6.63. The van der Waals surface area contributed by atoms with Crippen LogP contribution in [0.3, 0.4) is 0 Å². The van der Waals surface area contributed by atoms with E-state index in [0.717, 1.165) is 37.7 Å². The fraction of sp³-hybridized carbons (Fsp3) is 0.400. The largest absolute Gasteiger partial charge is 0.363 e. The Morgan fingerprint density at radius 1 is 0.917 bits per heavy atom. The number of amidine groups is 1. The summed E-state index contributed by atoms with van der Waals surface area (Å²) in [5, 5.41) is 2.48. The fourth-order valence-corrected chi connectivity index (χ4v) is 3.50. The minimum absolute atomic E-state index is 0.881. The van der Waals surface area contributed by atoms with Crippen LogP contribution in [0.2, 0.25) is 0 Å². The van der Waals surface area contributed by atoms with Crippen molar-refractivity contribution in [1.29, 1.82) is 0 Å². The molecule has 0 aliphatic carbocycles. The first kappa shape index (κ1) is 15.2. The number of hydrogen-bond acceptors (Lipinski definition) is 1. The summed E-state index contributed by atoms with van der Waals surface area (Å²) in [6, 6.07) is 14.8. The minimum atomic E-state index is 0.881. The maximum absolute atomic E-state index is 4.93. The summed E-state index contributed by atoms with van der Waals surface area (Å²) in [6.07, 6.45) is 4.72. The van der Waals surface area contributed by atoms with Crippen LogP contribution in [0.5, 0.6) is 0 Å². The zero-order valence-electron chi connectivity index (χ0n) is 14.3. The standard InChI is InChI=1S/C20H24N4/c1-23-12-6-9-19(23)22-20(24-13-4-5-14-24)21-18-11-10-16-7-2-3-8-17(16)15-18/h2-3,7-8,10-11,15H,4-6,9,12-14H2,1H3. The molecule has 2 fully saturated rings. The van der Waals surface area contributed by atoms with E-state index in [-0.39, 0.29) is 0 Å². The number of aliphatic imine (C=N–C) groups is 2. The van der Waals surface area contributed by atoms with E-state index in [1.54, 1.807) is 0 Å². The molecule has 2 heterocycles. The lowest BCUT2D eigenvalue weighted by molar-refractivity contribution is 0.510. The molecule has 0 aromatic heterocycles. The molecule has 2 aliphatic heterocycles. The van der Waals surface area contributed by atoms with Crippen LogP contribution >= 0.6 is 0 Å². The van der Waals surface area contributed by atoms with Crippen molar-refractivity contribution in [2.24, 2.45) is 9.98 Å². The van der Waals surface area contributed by atoms with Crippen molar-refractivity contribution < 1.29 is 0 Å². The molecule has 0 unspecified atom stereocenters. The van der Waals surface area contributed by atoms with E-state index >= 15 is 0 Å². The Morgan fingerprint density at radius 3 is 2.46 bits per heavy atom. The highest BCUT2D eigenvalue weighted by Crippen LogP contribution is 2.23. The van der Waals surface area contributed by atoms with Gasteiger partial charge in [-0.2, -0.15) is 4.99 Å². The molecule has 24 heavy (non-hydrogen) atoms. The van der Waals surface area contributed by atoms with Crippen LogP contribution in [0.1, 0.15) is 25.7 Å². The maximum Gasteiger partial charge on any atom is 0.227 e. The van der Waals surface area contributed by atoms with Gasteiger partial charge in [-0.25, -0.2) is 4.99 Å². The molecule has 2 aromatic carbocycles. The average molecular weight is 320 g/mol. The summed E-state index contributed by atoms with van der Waals surface area (Å²) >= 11 is 0. The molecule has 4 nitrogen and oxygen atoms in total. The molecule has 0 N–H and O–H groups in total. The predicted octanol–water partition coefficient (Wildman–Crippen LogP) is 4.05. The molecule has 4 rings (SSSR count). The summed E-state index contributed by atoms with van der Waals surface area (Å²) < 4.78 is 0. The van der Waals surface area contributed by atoms with Gasteiger partial charge in [0, 0.05) is 33.1 Å². The van der Waals surface area contributed by atoms with Crippen LogP contribution < -0.4 is 0 Å². The molecule has 0 amide bonds. The van der Waals surface area contributed by atoms with Gasteiger partial charge in [-0.1, -0.05) is 30.3 Å². The van der Waals surface area contributed by atoms with Crippen LogP contribution in [0.4, 0.5) is 5.69 Å². The van der Waals surface area contributed by atoms with Gasteiger partial charge in [0.2, 0.25) is 5.96 Å². The van der Waals surface area contributed by atoms with Crippen LogP contribution in [-0.2, 0) is 0 Å². The van der Waals surface area contributed by atoms with Gasteiger partial charge in [-0.15, -0.1) is 0 Å². The van der Waals surface area contributed by atoms with Crippen molar-refractivity contribution in [3.63, 3.8) is 0 Å². The number of guanidine groups is 1. The Bertz CT molecular complexity index is 787. The normalized spacial score (nSPS) is 20.5. The lowest BCUT2D eigenvalue weighted by atomic mass is 10.1. The van der Waals surface area contributed by atoms with E-state index in [4.69, 9.17) is 9.98 Å².